The highest BCUT2D eigenvalue weighted by molar-refractivity contribution is 6.05. The Morgan fingerprint density at radius 2 is 1.93 bits per heavy atom. The van der Waals surface area contributed by atoms with E-state index in [-0.39, 0.29) is 5.78 Å². The minimum Gasteiger partial charge on any atom is -0.361 e. The summed E-state index contributed by atoms with van der Waals surface area (Å²) in [5, 5.41) is 3.21. The average Bonchev–Trinajstić information content (AvgIpc) is 3.20. The van der Waals surface area contributed by atoms with E-state index in [0.717, 1.165) is 56.2 Å². The molecule has 0 aliphatic carbocycles. The Balaban J connectivity index is 2.07. The van der Waals surface area contributed by atoms with Crippen LogP contribution < -0.4 is 0 Å². The molecule has 0 saturated carbocycles. The number of hydrogen-bond acceptors (Lipinski definition) is 3. The van der Waals surface area contributed by atoms with Gasteiger partial charge in [-0.15, -0.1) is 0 Å². The van der Waals surface area contributed by atoms with Gasteiger partial charge in [0.1, 0.15) is 0 Å². The molecule has 0 aliphatic heterocycles. The van der Waals surface area contributed by atoms with E-state index >= 15 is 0 Å². The number of nitrogens with zero attached hydrogens (tertiary/aromatic N) is 2. The second kappa shape index (κ2) is 8.34. The molecule has 0 unspecified atom stereocenters. The summed E-state index contributed by atoms with van der Waals surface area (Å²) in [6, 6.07) is 4.10. The van der Waals surface area contributed by atoms with Gasteiger partial charge in [0.15, 0.2) is 11.4 Å². The van der Waals surface area contributed by atoms with Gasteiger partial charge in [0, 0.05) is 52.4 Å². The number of aromatic amines is 1. The van der Waals surface area contributed by atoms with Crippen molar-refractivity contribution in [3.63, 3.8) is 0 Å². The summed E-state index contributed by atoms with van der Waals surface area (Å²) in [5.74, 6) is 0.187. The molecule has 0 amide bonds. The van der Waals surface area contributed by atoms with E-state index in [4.69, 9.17) is 0 Å². The molecule has 3 heterocycles. The van der Waals surface area contributed by atoms with Crippen LogP contribution in [0, 0.1) is 0 Å². The number of aromatic nitrogens is 3. The molecule has 3 rings (SSSR count). The third-order valence-corrected chi connectivity index (χ3v) is 5.25. The van der Waals surface area contributed by atoms with E-state index in [1.165, 1.54) is 0 Å². The molecule has 4 heteroatoms. The van der Waals surface area contributed by atoms with Gasteiger partial charge in [-0.05, 0) is 56.5 Å². The number of hydrogen-bond donors (Lipinski definition) is 1. The van der Waals surface area contributed by atoms with Crippen molar-refractivity contribution in [3.05, 3.63) is 65.3 Å². The van der Waals surface area contributed by atoms with Crippen molar-refractivity contribution < 1.29 is 4.79 Å². The van der Waals surface area contributed by atoms with E-state index in [1.54, 1.807) is 6.20 Å². The number of pyridine rings is 2. The summed E-state index contributed by atoms with van der Waals surface area (Å²) in [4.78, 5) is 24.6. The first kappa shape index (κ1) is 19.7. The highest BCUT2D eigenvalue weighted by atomic mass is 16.1. The first-order valence-corrected chi connectivity index (χ1v) is 9.80. The number of allylic oxidation sites excluding steroid dienone is 6. The minimum atomic E-state index is 0.187. The summed E-state index contributed by atoms with van der Waals surface area (Å²) in [6.07, 6.45) is 11.1. The zero-order chi connectivity index (χ0) is 20.3. The second-order valence-electron chi connectivity index (χ2n) is 7.01. The highest BCUT2D eigenvalue weighted by Crippen LogP contribution is 2.28. The van der Waals surface area contributed by atoms with Crippen LogP contribution in [0.1, 0.15) is 53.2 Å². The monoisotopic (exact) mass is 373 g/mol. The maximum Gasteiger partial charge on any atom is 0.162 e. The molecule has 3 aromatic rings. The van der Waals surface area contributed by atoms with Crippen LogP contribution >= 0.6 is 0 Å². The van der Waals surface area contributed by atoms with E-state index < -0.39 is 0 Å². The fraction of sp³-hybridized carbons (Fsp3) is 0.292. The first-order valence-electron chi connectivity index (χ1n) is 9.80. The van der Waals surface area contributed by atoms with Crippen molar-refractivity contribution >= 4 is 33.2 Å². The van der Waals surface area contributed by atoms with Crippen LogP contribution in [0.4, 0.5) is 0 Å². The molecule has 1 N–H and O–H groups in total. The van der Waals surface area contributed by atoms with Crippen molar-refractivity contribution in [2.75, 3.05) is 0 Å². The SMILES string of the molecule is C\C=C(/C(C)=C\C(C(=O)CC)=C(/C)CC)c1cc2cnc3nccc3c2c[nH]1. The van der Waals surface area contributed by atoms with Gasteiger partial charge >= 0.3 is 0 Å². The zero-order valence-corrected chi connectivity index (χ0v) is 17.3. The number of nitrogens with one attached hydrogen (secondary N) is 1. The molecule has 0 spiro atoms. The first-order chi connectivity index (χ1) is 13.5. The maximum atomic E-state index is 12.4. The molecule has 0 radical (unpaired) electrons. The molecule has 0 atom stereocenters. The standard InChI is InChI=1S/C24H27N3O/c1-6-15(4)20(23(28)8-3)11-16(5)18(7-2)22-12-17-13-27-24-19(9-10-25-24)21(17)14-26-22/h7,9-14,26H,6,8H2,1-5H3/b16-11-,18-7+,20-15-. The van der Waals surface area contributed by atoms with Gasteiger partial charge in [-0.1, -0.05) is 25.5 Å². The van der Waals surface area contributed by atoms with Gasteiger partial charge in [-0.3, -0.25) is 4.79 Å². The summed E-state index contributed by atoms with van der Waals surface area (Å²) >= 11 is 0. The smallest absolute Gasteiger partial charge is 0.162 e. The van der Waals surface area contributed by atoms with E-state index in [1.807, 2.05) is 45.3 Å². The second-order valence-corrected chi connectivity index (χ2v) is 7.01. The number of ketones is 1. The molecule has 144 valence electrons. The van der Waals surface area contributed by atoms with Gasteiger partial charge in [-0.25, -0.2) is 9.97 Å². The summed E-state index contributed by atoms with van der Waals surface area (Å²) in [6.45, 7) is 10.1. The van der Waals surface area contributed by atoms with Crippen molar-refractivity contribution in [1.29, 1.82) is 0 Å². The van der Waals surface area contributed by atoms with Crippen LogP contribution in [-0.4, -0.2) is 20.7 Å². The lowest BCUT2D eigenvalue weighted by Gasteiger charge is -2.12. The molecule has 4 nitrogen and oxygen atoms in total. The van der Waals surface area contributed by atoms with Crippen molar-refractivity contribution in [2.45, 2.75) is 47.5 Å². The number of carbonyl (C=O) groups excluding carboxylic acids is 1. The summed E-state index contributed by atoms with van der Waals surface area (Å²) < 4.78 is 0. The van der Waals surface area contributed by atoms with Gasteiger partial charge in [-0.2, -0.15) is 0 Å². The van der Waals surface area contributed by atoms with Crippen LogP contribution in [0.25, 0.3) is 27.4 Å². The third kappa shape index (κ3) is 3.68. The highest BCUT2D eigenvalue weighted by Gasteiger charge is 2.12. The Bertz CT molecular complexity index is 1130. The quantitative estimate of drug-likeness (QED) is 0.415. The molecule has 28 heavy (non-hydrogen) atoms. The summed E-state index contributed by atoms with van der Waals surface area (Å²) in [5.41, 5.74) is 5.86. The van der Waals surface area contributed by atoms with Crippen molar-refractivity contribution in [2.24, 2.45) is 0 Å². The Labute approximate surface area is 166 Å². The maximum absolute atomic E-state index is 12.4. The van der Waals surface area contributed by atoms with Crippen LogP contribution in [0.15, 0.2) is 59.6 Å². The number of carbonyl (C=O) groups is 1. The predicted octanol–water partition coefficient (Wildman–Crippen LogP) is 6.17. The third-order valence-electron chi connectivity index (χ3n) is 5.25. The predicted molar refractivity (Wildman–Crippen MR) is 117 cm³/mol. The van der Waals surface area contributed by atoms with Crippen LogP contribution in [0.2, 0.25) is 0 Å². The Morgan fingerprint density at radius 3 is 2.61 bits per heavy atom. The van der Waals surface area contributed by atoms with Gasteiger partial charge in [0.25, 0.3) is 0 Å². The van der Waals surface area contributed by atoms with E-state index in [9.17, 15) is 4.79 Å². The van der Waals surface area contributed by atoms with Gasteiger partial charge in [0.05, 0.1) is 0 Å². The lowest BCUT2D eigenvalue weighted by Crippen LogP contribution is -2.02. The minimum absolute atomic E-state index is 0.187. The van der Waals surface area contributed by atoms with Gasteiger partial charge < -0.3 is 4.98 Å². The molecule has 0 aliphatic rings. The zero-order valence-electron chi connectivity index (χ0n) is 17.3. The van der Waals surface area contributed by atoms with Crippen LogP contribution in [-0.2, 0) is 4.79 Å². The van der Waals surface area contributed by atoms with Crippen molar-refractivity contribution in [3.8, 4) is 0 Å². The van der Waals surface area contributed by atoms with Crippen molar-refractivity contribution in [1.82, 2.24) is 15.0 Å². The summed E-state index contributed by atoms with van der Waals surface area (Å²) in [7, 11) is 0. The fourth-order valence-corrected chi connectivity index (χ4v) is 3.49. The molecule has 0 aromatic carbocycles. The average molecular weight is 374 g/mol. The van der Waals surface area contributed by atoms with Crippen LogP contribution in [0.5, 0.6) is 0 Å². The number of rotatable bonds is 6. The Morgan fingerprint density at radius 1 is 1.14 bits per heavy atom. The lowest BCUT2D eigenvalue weighted by molar-refractivity contribution is -0.115. The van der Waals surface area contributed by atoms with E-state index in [0.29, 0.717) is 6.42 Å². The largest absolute Gasteiger partial charge is 0.361 e. The molecule has 3 aromatic heterocycles. The number of fused-ring (bicyclic) bond motifs is 3. The molecule has 0 fully saturated rings. The lowest BCUT2D eigenvalue weighted by atomic mass is 9.95. The number of H-pyrrole nitrogens is 1. The number of Topliss-reactive ketones (excluding diaryl/α,β-unsaturated/α-hetero) is 1. The Hall–Kier alpha value is -3.01. The fourth-order valence-electron chi connectivity index (χ4n) is 3.49. The van der Waals surface area contributed by atoms with Crippen LogP contribution in [0.3, 0.4) is 0 Å². The van der Waals surface area contributed by atoms with E-state index in [2.05, 4.69) is 40.9 Å². The normalized spacial score (nSPS) is 13.9. The van der Waals surface area contributed by atoms with Gasteiger partial charge in [0.2, 0.25) is 0 Å². The molecule has 0 bridgehead atoms. The molecular weight excluding hydrogens is 346 g/mol. The molecular formula is C24H27N3O. The topological polar surface area (TPSA) is 58.6 Å². The Kier molecular flexibility index (Phi) is 5.88. The molecule has 0 saturated heterocycles.